The Balaban J connectivity index is 3.49. The van der Waals surface area contributed by atoms with Gasteiger partial charge in [-0.25, -0.2) is 0 Å². The fourth-order valence-electron chi connectivity index (χ4n) is 0.819. The van der Waals surface area contributed by atoms with Gasteiger partial charge >= 0.3 is 5.97 Å². The van der Waals surface area contributed by atoms with Gasteiger partial charge in [-0.1, -0.05) is 0 Å². The number of nitrogens with two attached hydrogens (primary N) is 1. The Hall–Kier alpha value is -0.730. The Morgan fingerprint density at radius 3 is 2.67 bits per heavy atom. The largest absolute Gasteiger partial charge is 0.480 e. The molecular formula is C10H18N2O2S. The van der Waals surface area contributed by atoms with Crippen molar-refractivity contribution < 1.29 is 9.90 Å². The summed E-state index contributed by atoms with van der Waals surface area (Å²) in [6.07, 6.45) is 1.30. The molecule has 86 valence electrons. The molecule has 0 aliphatic carbocycles. The average molecular weight is 230 g/mol. The molecule has 4 nitrogen and oxygen atoms in total. The Bertz CT molecular complexity index is 248. The van der Waals surface area contributed by atoms with E-state index in [9.17, 15) is 4.79 Å². The predicted octanol–water partition coefficient (Wildman–Crippen LogP) is 1.46. The van der Waals surface area contributed by atoms with Crippen molar-refractivity contribution >= 4 is 17.7 Å². The molecule has 15 heavy (non-hydrogen) atoms. The van der Waals surface area contributed by atoms with E-state index in [1.807, 2.05) is 13.8 Å². The van der Waals surface area contributed by atoms with E-state index in [0.29, 0.717) is 6.42 Å². The molecule has 1 atom stereocenters. The van der Waals surface area contributed by atoms with Crippen molar-refractivity contribution in [3.8, 4) is 6.07 Å². The molecule has 0 saturated carbocycles. The maximum absolute atomic E-state index is 10.4. The summed E-state index contributed by atoms with van der Waals surface area (Å²) < 4.78 is 0. The van der Waals surface area contributed by atoms with Gasteiger partial charge in [0.25, 0.3) is 0 Å². The van der Waals surface area contributed by atoms with Crippen molar-refractivity contribution in [2.45, 2.75) is 32.7 Å². The number of carboxylic acids is 1. The van der Waals surface area contributed by atoms with Gasteiger partial charge in [-0.2, -0.15) is 17.0 Å². The number of carboxylic acid groups (broad SMARTS) is 1. The summed E-state index contributed by atoms with van der Waals surface area (Å²) in [4.78, 5) is 10.4. The van der Waals surface area contributed by atoms with Crippen LogP contribution in [-0.2, 0) is 4.79 Å². The number of rotatable bonds is 7. The molecule has 0 aromatic carbocycles. The van der Waals surface area contributed by atoms with E-state index in [0.717, 1.165) is 17.9 Å². The number of carbonyl (C=O) groups is 1. The van der Waals surface area contributed by atoms with Crippen LogP contribution in [0.5, 0.6) is 0 Å². The lowest BCUT2D eigenvalue weighted by atomic mass is 9.93. The van der Waals surface area contributed by atoms with Gasteiger partial charge in [0.15, 0.2) is 0 Å². The lowest BCUT2D eigenvalue weighted by molar-refractivity contribution is -0.138. The molecule has 0 aromatic rings. The third-order valence-electron chi connectivity index (χ3n) is 2.06. The van der Waals surface area contributed by atoms with Crippen molar-refractivity contribution in [1.82, 2.24) is 0 Å². The van der Waals surface area contributed by atoms with Gasteiger partial charge in [0.1, 0.15) is 6.04 Å². The van der Waals surface area contributed by atoms with Gasteiger partial charge in [-0.15, -0.1) is 0 Å². The molecule has 0 bridgehead atoms. The van der Waals surface area contributed by atoms with E-state index >= 15 is 0 Å². The number of hydrogen-bond donors (Lipinski definition) is 2. The molecule has 0 radical (unpaired) electrons. The Morgan fingerprint density at radius 1 is 1.60 bits per heavy atom. The fraction of sp³-hybridized carbons (Fsp3) is 0.800. The minimum absolute atomic E-state index is 0.290. The van der Waals surface area contributed by atoms with E-state index < -0.39 is 12.0 Å². The monoisotopic (exact) mass is 230 g/mol. The molecule has 0 aromatic heterocycles. The minimum atomic E-state index is -0.951. The molecule has 0 rings (SSSR count). The van der Waals surface area contributed by atoms with Crippen LogP contribution in [0.1, 0.15) is 26.7 Å². The van der Waals surface area contributed by atoms with Crippen LogP contribution in [0.25, 0.3) is 0 Å². The predicted molar refractivity (Wildman–Crippen MR) is 61.6 cm³/mol. The molecule has 3 N–H and O–H groups in total. The van der Waals surface area contributed by atoms with Crippen LogP contribution < -0.4 is 5.73 Å². The zero-order valence-electron chi connectivity index (χ0n) is 9.19. The number of nitriles is 1. The van der Waals surface area contributed by atoms with E-state index in [-0.39, 0.29) is 5.41 Å². The van der Waals surface area contributed by atoms with Gasteiger partial charge < -0.3 is 10.8 Å². The second-order valence-electron chi connectivity index (χ2n) is 4.09. The summed E-state index contributed by atoms with van der Waals surface area (Å²) in [7, 11) is 0. The molecule has 0 saturated heterocycles. The first-order chi connectivity index (χ1) is 6.89. The number of thioether (sulfide) groups is 1. The zero-order chi connectivity index (χ0) is 11.9. The first-order valence-corrected chi connectivity index (χ1v) is 6.02. The van der Waals surface area contributed by atoms with E-state index in [4.69, 9.17) is 16.1 Å². The van der Waals surface area contributed by atoms with Crippen molar-refractivity contribution in [2.24, 2.45) is 11.1 Å². The quantitative estimate of drug-likeness (QED) is 0.646. The first-order valence-electron chi connectivity index (χ1n) is 4.86. The highest BCUT2D eigenvalue weighted by atomic mass is 32.2. The number of nitrogens with zero attached hydrogens (tertiary/aromatic N) is 1. The minimum Gasteiger partial charge on any atom is -0.480 e. The summed E-state index contributed by atoms with van der Waals surface area (Å²) in [5.74, 6) is 0.648. The van der Waals surface area contributed by atoms with Crippen LogP contribution in [-0.4, -0.2) is 28.6 Å². The summed E-state index contributed by atoms with van der Waals surface area (Å²) in [5.41, 5.74) is 5.06. The third kappa shape index (κ3) is 7.23. The van der Waals surface area contributed by atoms with Gasteiger partial charge in [0, 0.05) is 0 Å². The summed E-state index contributed by atoms with van der Waals surface area (Å²) in [6.45, 7) is 3.80. The van der Waals surface area contributed by atoms with Crippen molar-refractivity contribution in [1.29, 1.82) is 5.26 Å². The van der Waals surface area contributed by atoms with Gasteiger partial charge in [0.2, 0.25) is 0 Å². The highest BCUT2D eigenvalue weighted by Gasteiger charge is 2.16. The van der Waals surface area contributed by atoms with Crippen LogP contribution >= 0.6 is 11.8 Å². The number of aliphatic carboxylic acids is 1. The van der Waals surface area contributed by atoms with E-state index in [1.165, 1.54) is 0 Å². The Morgan fingerprint density at radius 2 is 2.20 bits per heavy atom. The number of hydrogen-bond acceptors (Lipinski definition) is 4. The normalized spacial score (nSPS) is 13.2. The molecule has 0 aliphatic heterocycles. The molecule has 0 aliphatic rings. The topological polar surface area (TPSA) is 87.1 Å². The Kier molecular flexibility index (Phi) is 6.37. The van der Waals surface area contributed by atoms with Crippen molar-refractivity contribution in [3.05, 3.63) is 0 Å². The second kappa shape index (κ2) is 6.70. The van der Waals surface area contributed by atoms with Crippen molar-refractivity contribution in [3.63, 3.8) is 0 Å². The van der Waals surface area contributed by atoms with Gasteiger partial charge in [0.05, 0.1) is 11.5 Å². The smallest absolute Gasteiger partial charge is 0.320 e. The summed E-state index contributed by atoms with van der Waals surface area (Å²) in [6, 6.07) is 1.46. The maximum atomic E-state index is 10.4. The lowest BCUT2D eigenvalue weighted by Gasteiger charge is -2.14. The fourth-order valence-corrected chi connectivity index (χ4v) is 2.10. The van der Waals surface area contributed by atoms with E-state index in [1.54, 1.807) is 11.8 Å². The highest BCUT2D eigenvalue weighted by molar-refractivity contribution is 7.99. The molecule has 0 heterocycles. The molecule has 0 spiro atoms. The van der Waals surface area contributed by atoms with Crippen LogP contribution in [0.3, 0.4) is 0 Å². The van der Waals surface area contributed by atoms with Crippen LogP contribution in [0.4, 0.5) is 0 Å². The molecule has 1 unspecified atom stereocenters. The summed E-state index contributed by atoms with van der Waals surface area (Å²) >= 11 is 1.65. The lowest BCUT2D eigenvalue weighted by Crippen LogP contribution is -2.30. The van der Waals surface area contributed by atoms with Crippen molar-refractivity contribution in [2.75, 3.05) is 11.5 Å². The molecule has 0 amide bonds. The average Bonchev–Trinajstić information content (AvgIpc) is 2.16. The van der Waals surface area contributed by atoms with Gasteiger partial charge in [-0.3, -0.25) is 4.79 Å². The standard InChI is InChI=1S/C10H18N2O2S/c1-10(2,7-11)4-6-15-5-3-8(12)9(13)14/h8H,3-6,12H2,1-2H3,(H,13,14). The zero-order valence-corrected chi connectivity index (χ0v) is 10.0. The third-order valence-corrected chi connectivity index (χ3v) is 3.08. The Labute approximate surface area is 94.8 Å². The molecular weight excluding hydrogens is 212 g/mol. The summed E-state index contributed by atoms with van der Waals surface area (Å²) in [5, 5.41) is 17.3. The van der Waals surface area contributed by atoms with Gasteiger partial charge in [-0.05, 0) is 38.2 Å². The van der Waals surface area contributed by atoms with E-state index in [2.05, 4.69) is 6.07 Å². The first kappa shape index (κ1) is 14.3. The highest BCUT2D eigenvalue weighted by Crippen LogP contribution is 2.21. The molecule has 5 heteroatoms. The molecule has 0 fully saturated rings. The van der Waals surface area contributed by atoms with Crippen LogP contribution in [0.15, 0.2) is 0 Å². The second-order valence-corrected chi connectivity index (χ2v) is 5.32. The maximum Gasteiger partial charge on any atom is 0.320 e. The van der Waals surface area contributed by atoms with Crippen LogP contribution in [0.2, 0.25) is 0 Å². The van der Waals surface area contributed by atoms with Crippen LogP contribution in [0, 0.1) is 16.7 Å². The SMILES string of the molecule is CC(C)(C#N)CCSCCC(N)C(=O)O.